The van der Waals surface area contributed by atoms with Crippen molar-refractivity contribution in [3.63, 3.8) is 0 Å². The van der Waals surface area contributed by atoms with Crippen LogP contribution in [0.25, 0.3) is 0 Å². The lowest BCUT2D eigenvalue weighted by Gasteiger charge is -2.49. The fourth-order valence-corrected chi connectivity index (χ4v) is 19.5. The summed E-state index contributed by atoms with van der Waals surface area (Å²) in [6.45, 7) is 0. The van der Waals surface area contributed by atoms with E-state index in [1.165, 1.54) is 64.8 Å². The van der Waals surface area contributed by atoms with Crippen LogP contribution in [0.1, 0.15) is 22.3 Å². The Morgan fingerprint density at radius 1 is 0.390 bits per heavy atom. The minimum atomic E-state index is -2.89. The maximum absolute atomic E-state index is 6.68. The Labute approximate surface area is 347 Å². The van der Waals surface area contributed by atoms with Gasteiger partial charge in [0, 0.05) is 16.8 Å². The molecule has 2 nitrogen and oxygen atoms in total. The largest absolute Gasteiger partial charge is 0.457 e. The first-order chi connectivity index (χ1) is 29.3. The van der Waals surface area contributed by atoms with Crippen LogP contribution in [0.3, 0.4) is 0 Å². The summed E-state index contributed by atoms with van der Waals surface area (Å²) in [4.78, 5) is 2.54. The Morgan fingerprint density at radius 2 is 0.847 bits per heavy atom. The maximum Gasteiger partial charge on any atom is 0.181 e. The third kappa shape index (κ3) is 4.78. The van der Waals surface area contributed by atoms with E-state index in [4.69, 9.17) is 4.74 Å². The average Bonchev–Trinajstić information content (AvgIpc) is 3.31. The van der Waals surface area contributed by atoms with Crippen LogP contribution in [0, 0.1) is 0 Å². The molecule has 0 amide bonds. The molecule has 4 heteroatoms. The van der Waals surface area contributed by atoms with E-state index in [9.17, 15) is 0 Å². The Balaban J connectivity index is 1.18. The highest BCUT2D eigenvalue weighted by Crippen LogP contribution is 2.62. The second-order valence-electron chi connectivity index (χ2n) is 15.6. The van der Waals surface area contributed by atoms with Gasteiger partial charge in [0.1, 0.15) is 11.5 Å². The lowest BCUT2D eigenvalue weighted by atomic mass is 9.61. The number of hydrogen-bond acceptors (Lipinski definition) is 2. The van der Waals surface area contributed by atoms with E-state index in [2.05, 4.69) is 235 Å². The molecule has 9 aromatic rings. The summed E-state index contributed by atoms with van der Waals surface area (Å²) in [6.07, 6.45) is 0. The molecule has 0 aliphatic carbocycles. The predicted molar refractivity (Wildman–Crippen MR) is 249 cm³/mol. The standard InChI is InChI=1S/C55H38NOPSi/c1-4-20-40(21-5-1)58-51-34-18-19-35-53(51)59(41-22-6-2-7-23-41,42-24-8-3-9-25-42)54-38-39(36-37-52(54)58)56-47-30-14-10-26-43(47)55(44-27-11-15-31-48(44)56)45-28-12-16-32-49(45)57-50-33-17-13-29-46(50)55/h1-38H. The van der Waals surface area contributed by atoms with Gasteiger partial charge in [-0.15, -0.1) is 0 Å². The highest BCUT2D eigenvalue weighted by atomic mass is 31.1. The second kappa shape index (κ2) is 13.4. The number of ether oxygens (including phenoxy) is 1. The molecule has 3 aliphatic rings. The number of hydrogen-bond donors (Lipinski definition) is 0. The van der Waals surface area contributed by atoms with Crippen molar-refractivity contribution in [3.8, 4) is 11.5 Å². The van der Waals surface area contributed by atoms with Crippen LogP contribution < -0.4 is 46.3 Å². The first-order valence-electron chi connectivity index (χ1n) is 20.4. The van der Waals surface area contributed by atoms with Crippen molar-refractivity contribution in [2.24, 2.45) is 0 Å². The van der Waals surface area contributed by atoms with Gasteiger partial charge < -0.3 is 9.64 Å². The first-order valence-corrected chi connectivity index (χ1v) is 23.7. The minimum Gasteiger partial charge on any atom is -0.457 e. The molecule has 12 rings (SSSR count). The van der Waals surface area contributed by atoms with Crippen molar-refractivity contribution in [2.45, 2.75) is 5.41 Å². The summed E-state index contributed by atoms with van der Waals surface area (Å²) in [6, 6.07) is 86.2. The molecule has 0 aromatic heterocycles. The summed E-state index contributed by atoms with van der Waals surface area (Å²) in [7, 11) is -3.73. The van der Waals surface area contributed by atoms with Crippen LogP contribution in [0.15, 0.2) is 231 Å². The third-order valence-corrected chi connectivity index (χ3v) is 20.6. The van der Waals surface area contributed by atoms with E-state index in [1.807, 2.05) is 0 Å². The molecular formula is C55H38NOPSi. The number of nitrogens with zero attached hydrogens (tertiary/aromatic N) is 1. The van der Waals surface area contributed by atoms with Crippen molar-refractivity contribution in [3.05, 3.63) is 253 Å². The van der Waals surface area contributed by atoms with Gasteiger partial charge in [-0.3, -0.25) is 0 Å². The molecule has 9 aromatic carbocycles. The van der Waals surface area contributed by atoms with Crippen LogP contribution in [0.2, 0.25) is 0 Å². The molecule has 278 valence electrons. The summed E-state index contributed by atoms with van der Waals surface area (Å²) in [5, 5.41) is 10.0. The summed E-state index contributed by atoms with van der Waals surface area (Å²) >= 11 is 0. The third-order valence-electron chi connectivity index (χ3n) is 12.8. The lowest BCUT2D eigenvalue weighted by molar-refractivity contribution is 0.434. The maximum atomic E-state index is 6.68. The number of benzene rings is 9. The van der Waals surface area contributed by atoms with E-state index in [1.54, 1.807) is 0 Å². The molecule has 0 fully saturated rings. The molecule has 3 heterocycles. The fraction of sp³-hybridized carbons (Fsp3) is 0.0182. The molecule has 0 saturated heterocycles. The van der Waals surface area contributed by atoms with Gasteiger partial charge in [0.15, 0.2) is 8.07 Å². The number of anilines is 3. The van der Waals surface area contributed by atoms with Gasteiger partial charge in [0.2, 0.25) is 0 Å². The molecule has 1 unspecified atom stereocenters. The molecule has 0 bridgehead atoms. The SMILES string of the molecule is c1ccc(P2c3ccccc3[Si](c3ccccc3)(c3ccccc3)c3cc(N4c5ccccc5C5(c6ccccc6Oc6ccccc65)c5ccccc54)ccc32)cc1. The smallest absolute Gasteiger partial charge is 0.181 e. The Kier molecular flexibility index (Phi) is 7.78. The minimum absolute atomic E-state index is 0.587. The highest BCUT2D eigenvalue weighted by molar-refractivity contribution is 7.81. The van der Waals surface area contributed by atoms with Crippen LogP contribution in [-0.2, 0) is 5.41 Å². The summed E-state index contributed by atoms with van der Waals surface area (Å²) in [5.41, 5.74) is 7.73. The van der Waals surface area contributed by atoms with E-state index in [0.29, 0.717) is 0 Å². The zero-order chi connectivity index (χ0) is 39.0. The van der Waals surface area contributed by atoms with Gasteiger partial charge in [-0.2, -0.15) is 0 Å². The van der Waals surface area contributed by atoms with Crippen molar-refractivity contribution in [1.82, 2.24) is 0 Å². The number of fused-ring (bicyclic) bond motifs is 10. The van der Waals surface area contributed by atoms with Crippen molar-refractivity contribution in [1.29, 1.82) is 0 Å². The lowest BCUT2D eigenvalue weighted by Crippen LogP contribution is -2.81. The zero-order valence-electron chi connectivity index (χ0n) is 32.2. The summed E-state index contributed by atoms with van der Waals surface area (Å²) in [5.74, 6) is 1.79. The van der Waals surface area contributed by atoms with Gasteiger partial charge in [0.25, 0.3) is 0 Å². The normalized spacial score (nSPS) is 16.0. The van der Waals surface area contributed by atoms with Crippen LogP contribution >= 0.6 is 7.92 Å². The first kappa shape index (κ1) is 34.3. The Hall–Kier alpha value is -6.77. The average molecular weight is 788 g/mol. The monoisotopic (exact) mass is 787 g/mol. The quantitative estimate of drug-likeness (QED) is 0.130. The van der Waals surface area contributed by atoms with Crippen molar-refractivity contribution < 1.29 is 4.74 Å². The zero-order valence-corrected chi connectivity index (χ0v) is 34.1. The van der Waals surface area contributed by atoms with Crippen LogP contribution in [0.5, 0.6) is 11.5 Å². The van der Waals surface area contributed by atoms with E-state index >= 15 is 0 Å². The van der Waals surface area contributed by atoms with E-state index < -0.39 is 21.4 Å². The molecule has 0 N–H and O–H groups in total. The highest BCUT2D eigenvalue weighted by Gasteiger charge is 2.52. The Bertz CT molecular complexity index is 2920. The van der Waals surface area contributed by atoms with E-state index in [-0.39, 0.29) is 0 Å². The van der Waals surface area contributed by atoms with Crippen LogP contribution in [0.4, 0.5) is 17.1 Å². The van der Waals surface area contributed by atoms with E-state index in [0.717, 1.165) is 22.6 Å². The molecular weight excluding hydrogens is 750 g/mol. The molecule has 0 radical (unpaired) electrons. The molecule has 3 aliphatic heterocycles. The van der Waals surface area contributed by atoms with Crippen molar-refractivity contribution >= 4 is 69.7 Å². The fourth-order valence-electron chi connectivity index (χ4n) is 10.5. The van der Waals surface area contributed by atoms with Crippen LogP contribution in [-0.4, -0.2) is 8.07 Å². The molecule has 1 spiro atoms. The second-order valence-corrected chi connectivity index (χ2v) is 21.5. The summed E-state index contributed by atoms with van der Waals surface area (Å²) < 4.78 is 6.68. The van der Waals surface area contributed by atoms with Gasteiger partial charge in [-0.1, -0.05) is 194 Å². The van der Waals surface area contributed by atoms with Gasteiger partial charge in [-0.25, -0.2) is 0 Å². The Morgan fingerprint density at radius 3 is 1.44 bits per heavy atom. The molecule has 0 saturated carbocycles. The van der Waals surface area contributed by atoms with Gasteiger partial charge >= 0.3 is 0 Å². The van der Waals surface area contributed by atoms with Crippen molar-refractivity contribution in [2.75, 3.05) is 4.90 Å². The number of rotatable bonds is 4. The molecule has 1 atom stereocenters. The molecule has 59 heavy (non-hydrogen) atoms. The number of para-hydroxylation sites is 4. The topological polar surface area (TPSA) is 12.5 Å². The van der Waals surface area contributed by atoms with Gasteiger partial charge in [-0.05, 0) is 92.1 Å². The van der Waals surface area contributed by atoms with Gasteiger partial charge in [0.05, 0.1) is 16.8 Å². The predicted octanol–water partition coefficient (Wildman–Crippen LogP) is 9.41.